The van der Waals surface area contributed by atoms with Crippen LogP contribution in [0.4, 0.5) is 4.39 Å². The zero-order chi connectivity index (χ0) is 19.1. The molecule has 0 bridgehead atoms. The van der Waals surface area contributed by atoms with Gasteiger partial charge in [0.2, 0.25) is 0 Å². The maximum atomic E-state index is 13.2. The fourth-order valence-electron chi connectivity index (χ4n) is 2.97. The molecular weight excluding hydrogens is 321 g/mol. The van der Waals surface area contributed by atoms with Crippen molar-refractivity contribution in [3.05, 3.63) is 88.8 Å². The van der Waals surface area contributed by atoms with Crippen molar-refractivity contribution in [1.29, 1.82) is 0 Å². The third kappa shape index (κ3) is 5.01. The van der Waals surface area contributed by atoms with Gasteiger partial charge < -0.3 is 0 Å². The molecule has 2 rings (SSSR count). The monoisotopic (exact) mass is 349 g/mol. The van der Waals surface area contributed by atoms with Crippen molar-refractivity contribution < 1.29 is 4.39 Å². The maximum absolute atomic E-state index is 13.2. The Morgan fingerprint density at radius 3 is 2.42 bits per heavy atom. The van der Waals surface area contributed by atoms with Crippen molar-refractivity contribution in [2.75, 3.05) is 0 Å². The van der Waals surface area contributed by atoms with Crippen molar-refractivity contribution in [1.82, 2.24) is 0 Å². The second-order valence-electron chi connectivity index (χ2n) is 6.65. The van der Waals surface area contributed by atoms with Crippen LogP contribution in [0, 0.1) is 5.82 Å². The van der Waals surface area contributed by atoms with Gasteiger partial charge in [0.25, 0.3) is 0 Å². The van der Waals surface area contributed by atoms with Gasteiger partial charge in [-0.15, -0.1) is 0 Å². The lowest BCUT2D eigenvalue weighted by Gasteiger charge is -2.20. The molecule has 0 aromatic heterocycles. The summed E-state index contributed by atoms with van der Waals surface area (Å²) in [6.45, 7) is 10.5. The van der Waals surface area contributed by atoms with E-state index in [0.717, 1.165) is 23.3 Å². The van der Waals surface area contributed by atoms with Crippen molar-refractivity contribution >= 4 is 11.3 Å². The minimum atomic E-state index is -0.213. The fourth-order valence-corrected chi connectivity index (χ4v) is 2.97. The van der Waals surface area contributed by atoms with Gasteiger partial charge in [-0.25, -0.2) is 4.39 Å². The Labute approximate surface area is 157 Å². The summed E-state index contributed by atoms with van der Waals surface area (Å²) in [5.41, 5.74) is 6.86. The fraction of sp³-hybridized carbons (Fsp3) is 0.292. The highest BCUT2D eigenvalue weighted by molar-refractivity contribution is 5.99. The van der Waals surface area contributed by atoms with E-state index in [-0.39, 0.29) is 11.9 Å². The van der Waals surface area contributed by atoms with E-state index in [1.165, 1.54) is 28.9 Å². The van der Waals surface area contributed by atoms with Crippen LogP contribution in [-0.2, 0) is 0 Å². The minimum absolute atomic E-state index is 0.0183. The number of rotatable bonds is 5. The summed E-state index contributed by atoms with van der Waals surface area (Å²) >= 11 is 0. The van der Waals surface area contributed by atoms with Crippen LogP contribution in [0.2, 0.25) is 0 Å². The van der Waals surface area contributed by atoms with Crippen LogP contribution in [0.25, 0.3) is 5.57 Å². The lowest BCUT2D eigenvalue weighted by Crippen LogP contribution is -2.12. The molecule has 2 heteroatoms. The summed E-state index contributed by atoms with van der Waals surface area (Å²) in [6.07, 6.45) is 13.6. The van der Waals surface area contributed by atoms with Gasteiger partial charge in [0, 0.05) is 5.71 Å². The first-order valence-corrected chi connectivity index (χ1v) is 9.16. The van der Waals surface area contributed by atoms with E-state index in [0.29, 0.717) is 0 Å². The molecular formula is C24H28FN. The second kappa shape index (κ2) is 9.28. The molecule has 1 unspecified atom stereocenters. The Kier molecular flexibility index (Phi) is 7.08. The Hall–Kier alpha value is -2.48. The van der Waals surface area contributed by atoms with E-state index in [1.54, 1.807) is 0 Å². The van der Waals surface area contributed by atoms with Gasteiger partial charge in [0.1, 0.15) is 5.82 Å². The van der Waals surface area contributed by atoms with E-state index in [2.05, 4.69) is 58.1 Å². The molecule has 1 aliphatic rings. The SMILES string of the molecule is CC=C/C=C(\CC)C(C)=NC1C=CC(c2ccc(F)cc2)=CC1=C(C)C. The number of halogens is 1. The summed E-state index contributed by atoms with van der Waals surface area (Å²) in [4.78, 5) is 4.97. The van der Waals surface area contributed by atoms with Gasteiger partial charge in [0.15, 0.2) is 0 Å². The number of hydrogen-bond acceptors (Lipinski definition) is 1. The zero-order valence-corrected chi connectivity index (χ0v) is 16.4. The average molecular weight is 349 g/mol. The molecule has 0 N–H and O–H groups in total. The molecule has 0 spiro atoms. The first-order valence-electron chi connectivity index (χ1n) is 9.16. The third-order valence-corrected chi connectivity index (χ3v) is 4.51. The number of nitrogens with zero attached hydrogens (tertiary/aromatic N) is 1. The molecule has 0 amide bonds. The normalized spacial score (nSPS) is 18.5. The molecule has 0 aliphatic heterocycles. The smallest absolute Gasteiger partial charge is 0.123 e. The second-order valence-corrected chi connectivity index (χ2v) is 6.65. The standard InChI is InChI=1S/C24H28FN/c1-6-8-9-19(7-2)18(5)26-24-15-12-21(16-23(24)17(3)4)20-10-13-22(25)14-11-20/h6,8-16,24H,7H2,1-5H3/b8-6?,19-9+,26-18?. The highest BCUT2D eigenvalue weighted by Gasteiger charge is 2.16. The van der Waals surface area contributed by atoms with Gasteiger partial charge >= 0.3 is 0 Å². The molecule has 26 heavy (non-hydrogen) atoms. The average Bonchev–Trinajstić information content (AvgIpc) is 2.63. The lowest BCUT2D eigenvalue weighted by atomic mass is 9.91. The van der Waals surface area contributed by atoms with Crippen LogP contribution in [-0.4, -0.2) is 11.8 Å². The molecule has 0 saturated heterocycles. The predicted octanol–water partition coefficient (Wildman–Crippen LogP) is 6.86. The molecule has 0 saturated carbocycles. The molecule has 1 aromatic rings. The maximum Gasteiger partial charge on any atom is 0.123 e. The first-order chi connectivity index (χ1) is 12.5. The predicted molar refractivity (Wildman–Crippen MR) is 112 cm³/mol. The van der Waals surface area contributed by atoms with Gasteiger partial charge in [-0.1, -0.05) is 55.0 Å². The molecule has 1 aromatic carbocycles. The van der Waals surface area contributed by atoms with E-state index < -0.39 is 0 Å². The van der Waals surface area contributed by atoms with Crippen molar-refractivity contribution in [2.24, 2.45) is 4.99 Å². The Morgan fingerprint density at radius 1 is 1.15 bits per heavy atom. The van der Waals surface area contributed by atoms with E-state index in [1.807, 2.05) is 25.1 Å². The number of benzene rings is 1. The van der Waals surface area contributed by atoms with Gasteiger partial charge in [-0.3, -0.25) is 4.99 Å². The van der Waals surface area contributed by atoms with Crippen molar-refractivity contribution in [2.45, 2.75) is 47.1 Å². The topological polar surface area (TPSA) is 12.4 Å². The van der Waals surface area contributed by atoms with Crippen molar-refractivity contribution in [3.63, 3.8) is 0 Å². The summed E-state index contributed by atoms with van der Waals surface area (Å²) in [5.74, 6) is -0.213. The minimum Gasteiger partial charge on any atom is -0.278 e. The van der Waals surface area contributed by atoms with E-state index >= 15 is 0 Å². The molecule has 0 heterocycles. The van der Waals surface area contributed by atoms with Gasteiger partial charge in [-0.05, 0) is 74.6 Å². The van der Waals surface area contributed by atoms with Gasteiger partial charge in [0.05, 0.1) is 6.04 Å². The molecule has 0 radical (unpaired) electrons. The van der Waals surface area contributed by atoms with Crippen LogP contribution < -0.4 is 0 Å². The third-order valence-electron chi connectivity index (χ3n) is 4.51. The Bertz CT molecular complexity index is 810. The number of hydrogen-bond donors (Lipinski definition) is 0. The summed E-state index contributed by atoms with van der Waals surface area (Å²) < 4.78 is 13.2. The van der Waals surface area contributed by atoms with Crippen LogP contribution >= 0.6 is 0 Å². The lowest BCUT2D eigenvalue weighted by molar-refractivity contribution is 0.627. The molecule has 1 atom stereocenters. The molecule has 1 aliphatic carbocycles. The van der Waals surface area contributed by atoms with E-state index in [4.69, 9.17) is 4.99 Å². The molecule has 136 valence electrons. The summed E-state index contributed by atoms with van der Waals surface area (Å²) in [7, 11) is 0. The number of allylic oxidation sites excluding steroid dienone is 7. The van der Waals surface area contributed by atoms with Crippen LogP contribution in [0.15, 0.2) is 82.4 Å². The number of aliphatic imine (C=N–C) groups is 1. The van der Waals surface area contributed by atoms with E-state index in [9.17, 15) is 4.39 Å². The zero-order valence-electron chi connectivity index (χ0n) is 16.4. The van der Waals surface area contributed by atoms with Crippen LogP contribution in [0.3, 0.4) is 0 Å². The quantitative estimate of drug-likeness (QED) is 0.407. The molecule has 0 fully saturated rings. The van der Waals surface area contributed by atoms with Crippen LogP contribution in [0.5, 0.6) is 0 Å². The Balaban J connectivity index is 2.36. The Morgan fingerprint density at radius 2 is 1.85 bits per heavy atom. The van der Waals surface area contributed by atoms with Crippen molar-refractivity contribution in [3.8, 4) is 0 Å². The highest BCUT2D eigenvalue weighted by Crippen LogP contribution is 2.28. The first kappa shape index (κ1) is 19.8. The summed E-state index contributed by atoms with van der Waals surface area (Å²) in [6, 6.07) is 6.65. The highest BCUT2D eigenvalue weighted by atomic mass is 19.1. The summed E-state index contributed by atoms with van der Waals surface area (Å²) in [5, 5.41) is 0. The largest absolute Gasteiger partial charge is 0.278 e. The molecule has 1 nitrogen and oxygen atoms in total. The van der Waals surface area contributed by atoms with Crippen LogP contribution in [0.1, 0.15) is 46.6 Å². The van der Waals surface area contributed by atoms with Gasteiger partial charge in [-0.2, -0.15) is 0 Å².